The SMILES string of the molecule is O=C(O)c1cc(S(=O)(=O)NCCc2cccnc2)ccc1O. The van der Waals surface area contributed by atoms with Crippen molar-refractivity contribution < 1.29 is 23.4 Å². The molecular weight excluding hydrogens is 308 g/mol. The van der Waals surface area contributed by atoms with Gasteiger partial charge in [0.1, 0.15) is 11.3 Å². The third-order valence-corrected chi connectivity index (χ3v) is 4.40. The summed E-state index contributed by atoms with van der Waals surface area (Å²) in [7, 11) is -3.85. The molecule has 1 heterocycles. The molecule has 0 saturated carbocycles. The number of aromatic carboxylic acids is 1. The fourth-order valence-corrected chi connectivity index (χ4v) is 2.87. The molecule has 0 spiro atoms. The van der Waals surface area contributed by atoms with Crippen molar-refractivity contribution in [3.05, 3.63) is 53.9 Å². The number of benzene rings is 1. The number of carbonyl (C=O) groups is 1. The molecule has 1 aromatic carbocycles. The molecule has 7 nitrogen and oxygen atoms in total. The summed E-state index contributed by atoms with van der Waals surface area (Å²) in [5, 5.41) is 18.3. The van der Waals surface area contributed by atoms with Crippen molar-refractivity contribution in [2.75, 3.05) is 6.54 Å². The van der Waals surface area contributed by atoms with Crippen molar-refractivity contribution in [2.45, 2.75) is 11.3 Å². The molecule has 0 amide bonds. The Morgan fingerprint density at radius 1 is 1.27 bits per heavy atom. The number of carboxylic acid groups (broad SMARTS) is 1. The molecule has 0 radical (unpaired) electrons. The lowest BCUT2D eigenvalue weighted by Crippen LogP contribution is -2.26. The molecule has 2 aromatic rings. The zero-order valence-electron chi connectivity index (χ0n) is 11.4. The minimum Gasteiger partial charge on any atom is -0.507 e. The number of hydrogen-bond acceptors (Lipinski definition) is 5. The fraction of sp³-hybridized carbons (Fsp3) is 0.143. The summed E-state index contributed by atoms with van der Waals surface area (Å²) in [5.74, 6) is -1.88. The highest BCUT2D eigenvalue weighted by Crippen LogP contribution is 2.21. The molecule has 1 aromatic heterocycles. The van der Waals surface area contributed by atoms with Crippen molar-refractivity contribution in [3.63, 3.8) is 0 Å². The average molecular weight is 322 g/mol. The Hall–Kier alpha value is -2.45. The van der Waals surface area contributed by atoms with Gasteiger partial charge in [0.15, 0.2) is 0 Å². The van der Waals surface area contributed by atoms with Gasteiger partial charge in [0.05, 0.1) is 4.90 Å². The quantitative estimate of drug-likeness (QED) is 0.730. The molecular formula is C14H14N2O5S. The standard InChI is InChI=1S/C14H14N2O5S/c17-13-4-3-11(8-12(13)14(18)19)22(20,21)16-7-5-10-2-1-6-15-9-10/h1-4,6,8-9,16-17H,5,7H2,(H,18,19). The lowest BCUT2D eigenvalue weighted by molar-refractivity contribution is 0.0693. The van der Waals surface area contributed by atoms with Crippen LogP contribution in [0.1, 0.15) is 15.9 Å². The molecule has 0 fully saturated rings. The highest BCUT2D eigenvalue weighted by molar-refractivity contribution is 7.89. The first kappa shape index (κ1) is 15.9. The first-order valence-corrected chi connectivity index (χ1v) is 7.83. The van der Waals surface area contributed by atoms with Crippen LogP contribution in [-0.2, 0) is 16.4 Å². The first-order valence-electron chi connectivity index (χ1n) is 6.35. The number of sulfonamides is 1. The van der Waals surface area contributed by atoms with Crippen molar-refractivity contribution in [3.8, 4) is 5.75 Å². The minimum atomic E-state index is -3.85. The summed E-state index contributed by atoms with van der Waals surface area (Å²) >= 11 is 0. The van der Waals surface area contributed by atoms with E-state index in [1.165, 1.54) is 0 Å². The fourth-order valence-electron chi connectivity index (χ4n) is 1.81. The molecule has 116 valence electrons. The summed E-state index contributed by atoms with van der Waals surface area (Å²) in [4.78, 5) is 14.6. The average Bonchev–Trinajstić information content (AvgIpc) is 2.48. The summed E-state index contributed by atoms with van der Waals surface area (Å²) in [6.07, 6.45) is 3.71. The maximum absolute atomic E-state index is 12.1. The highest BCUT2D eigenvalue weighted by atomic mass is 32.2. The van der Waals surface area contributed by atoms with Gasteiger partial charge in [-0.25, -0.2) is 17.9 Å². The smallest absolute Gasteiger partial charge is 0.339 e. The lowest BCUT2D eigenvalue weighted by Gasteiger charge is -2.08. The molecule has 0 unspecified atom stereocenters. The predicted molar refractivity (Wildman–Crippen MR) is 78.2 cm³/mol. The summed E-state index contributed by atoms with van der Waals surface area (Å²) in [5.41, 5.74) is 0.414. The van der Waals surface area contributed by atoms with E-state index in [9.17, 15) is 18.3 Å². The van der Waals surface area contributed by atoms with Gasteiger partial charge in [-0.15, -0.1) is 0 Å². The number of carboxylic acids is 1. The normalized spacial score (nSPS) is 11.3. The monoisotopic (exact) mass is 322 g/mol. The van der Waals surface area contributed by atoms with Crippen LogP contribution in [0.15, 0.2) is 47.6 Å². The Bertz CT molecular complexity index is 775. The molecule has 0 atom stereocenters. The van der Waals surface area contributed by atoms with Crippen LogP contribution < -0.4 is 4.72 Å². The van der Waals surface area contributed by atoms with E-state index in [-0.39, 0.29) is 11.4 Å². The van der Waals surface area contributed by atoms with Crippen LogP contribution in [0.2, 0.25) is 0 Å². The number of rotatable bonds is 6. The number of nitrogens with zero attached hydrogens (tertiary/aromatic N) is 1. The van der Waals surface area contributed by atoms with E-state index in [4.69, 9.17) is 5.11 Å². The number of aromatic nitrogens is 1. The molecule has 8 heteroatoms. The molecule has 2 rings (SSSR count). The number of nitrogens with one attached hydrogen (secondary N) is 1. The van der Waals surface area contributed by atoms with Gasteiger partial charge >= 0.3 is 5.97 Å². The van der Waals surface area contributed by atoms with Gasteiger partial charge < -0.3 is 10.2 Å². The van der Waals surface area contributed by atoms with Gasteiger partial charge in [-0.2, -0.15) is 0 Å². The summed E-state index contributed by atoms with van der Waals surface area (Å²) in [6.45, 7) is 0.150. The van der Waals surface area contributed by atoms with E-state index >= 15 is 0 Å². The Morgan fingerprint density at radius 3 is 2.68 bits per heavy atom. The van der Waals surface area contributed by atoms with Crippen molar-refractivity contribution in [1.82, 2.24) is 9.71 Å². The van der Waals surface area contributed by atoms with E-state index in [0.29, 0.717) is 6.42 Å². The molecule has 0 saturated heterocycles. The second-order valence-electron chi connectivity index (χ2n) is 4.49. The third-order valence-electron chi connectivity index (χ3n) is 2.94. The second kappa shape index (κ2) is 6.54. The van der Waals surface area contributed by atoms with E-state index in [1.54, 1.807) is 18.5 Å². The zero-order chi connectivity index (χ0) is 16.2. The van der Waals surface area contributed by atoms with Gasteiger partial charge in [0.2, 0.25) is 10.0 Å². The van der Waals surface area contributed by atoms with Crippen LogP contribution >= 0.6 is 0 Å². The first-order chi connectivity index (χ1) is 10.4. The molecule has 0 aliphatic heterocycles. The van der Waals surface area contributed by atoms with Crippen molar-refractivity contribution in [1.29, 1.82) is 0 Å². The van der Waals surface area contributed by atoms with Gasteiger partial charge in [0.25, 0.3) is 0 Å². The van der Waals surface area contributed by atoms with Crippen LogP contribution in [0, 0.1) is 0 Å². The molecule has 0 bridgehead atoms. The van der Waals surface area contributed by atoms with Crippen molar-refractivity contribution in [2.24, 2.45) is 0 Å². The van der Waals surface area contributed by atoms with Crippen LogP contribution in [0.25, 0.3) is 0 Å². The Morgan fingerprint density at radius 2 is 2.05 bits per heavy atom. The molecule has 0 aliphatic rings. The molecule has 22 heavy (non-hydrogen) atoms. The topological polar surface area (TPSA) is 117 Å². The van der Waals surface area contributed by atoms with Crippen LogP contribution in [0.5, 0.6) is 5.75 Å². The minimum absolute atomic E-state index is 0.150. The zero-order valence-corrected chi connectivity index (χ0v) is 12.2. The number of phenols is 1. The van der Waals surface area contributed by atoms with Gasteiger partial charge in [-0.3, -0.25) is 4.98 Å². The predicted octanol–water partition coefficient (Wildman–Crippen LogP) is 1.01. The van der Waals surface area contributed by atoms with Gasteiger partial charge in [-0.1, -0.05) is 6.07 Å². The third kappa shape index (κ3) is 3.80. The highest BCUT2D eigenvalue weighted by Gasteiger charge is 2.18. The Balaban J connectivity index is 2.10. The van der Waals surface area contributed by atoms with Crippen LogP contribution in [0.3, 0.4) is 0 Å². The Kier molecular flexibility index (Phi) is 4.74. The molecule has 3 N–H and O–H groups in total. The van der Waals surface area contributed by atoms with Crippen LogP contribution in [-0.4, -0.2) is 36.1 Å². The van der Waals surface area contributed by atoms with Crippen LogP contribution in [0.4, 0.5) is 0 Å². The largest absolute Gasteiger partial charge is 0.507 e. The van der Waals surface area contributed by atoms with Crippen molar-refractivity contribution >= 4 is 16.0 Å². The number of hydrogen-bond donors (Lipinski definition) is 3. The van der Waals surface area contributed by atoms with E-state index in [2.05, 4.69) is 9.71 Å². The van der Waals surface area contributed by atoms with E-state index in [1.807, 2.05) is 6.07 Å². The van der Waals surface area contributed by atoms with E-state index in [0.717, 1.165) is 23.8 Å². The second-order valence-corrected chi connectivity index (χ2v) is 6.26. The maximum Gasteiger partial charge on any atom is 0.339 e. The lowest BCUT2D eigenvalue weighted by atomic mass is 10.2. The number of pyridine rings is 1. The Labute approximate surface area is 127 Å². The number of aromatic hydroxyl groups is 1. The maximum atomic E-state index is 12.1. The van der Waals surface area contributed by atoms with Gasteiger partial charge in [0, 0.05) is 18.9 Å². The van der Waals surface area contributed by atoms with E-state index < -0.39 is 27.3 Å². The summed E-state index contributed by atoms with van der Waals surface area (Å²) < 4.78 is 26.6. The summed E-state index contributed by atoms with van der Waals surface area (Å²) in [6, 6.07) is 6.69. The molecule has 0 aliphatic carbocycles. The van der Waals surface area contributed by atoms with Gasteiger partial charge in [-0.05, 0) is 36.2 Å².